The molecule has 5 aromatic carbocycles. The number of quaternary nitrogens is 2. The second-order valence-electron chi connectivity index (χ2n) is 12.1. The van der Waals surface area contributed by atoms with Crippen molar-refractivity contribution >= 4 is 66.7 Å². The quantitative estimate of drug-likeness (QED) is 0.149. The number of fused-ring (bicyclic) bond motifs is 2. The van der Waals surface area contributed by atoms with E-state index in [1.165, 1.54) is 19.6 Å². The van der Waals surface area contributed by atoms with E-state index in [-0.39, 0.29) is 23.6 Å². The molecule has 8 nitrogen and oxygen atoms in total. The van der Waals surface area contributed by atoms with Crippen LogP contribution in [0.2, 0.25) is 0 Å². The summed E-state index contributed by atoms with van der Waals surface area (Å²) in [7, 11) is 0. The zero-order chi connectivity index (χ0) is 30.9. The van der Waals surface area contributed by atoms with Gasteiger partial charge in [0.05, 0.1) is 52.4 Å². The molecule has 0 aliphatic carbocycles. The molecule has 0 bridgehead atoms. The van der Waals surface area contributed by atoms with Gasteiger partial charge in [0.25, 0.3) is 23.6 Å². The van der Waals surface area contributed by atoms with Gasteiger partial charge in [0.1, 0.15) is 0 Å². The molecule has 0 spiro atoms. The van der Waals surface area contributed by atoms with Crippen molar-refractivity contribution in [2.45, 2.75) is 27.7 Å². The Hall–Kier alpha value is -4.40. The van der Waals surface area contributed by atoms with Gasteiger partial charge in [-0.3, -0.25) is 29.0 Å². The molecule has 0 fully saturated rings. The molecule has 5 aromatic rings. The van der Waals surface area contributed by atoms with E-state index in [0.29, 0.717) is 59.2 Å². The van der Waals surface area contributed by atoms with Gasteiger partial charge in [-0.25, -0.2) is 0 Å². The number of carbonyl (C=O) groups is 4. The monoisotopic (exact) mass is 590 g/mol. The Kier molecular flexibility index (Phi) is 6.86. The highest BCUT2D eigenvalue weighted by Gasteiger charge is 2.37. The molecule has 4 amide bonds. The van der Waals surface area contributed by atoms with E-state index in [2.05, 4.69) is 27.7 Å². The number of imide groups is 2. The maximum absolute atomic E-state index is 13.8. The van der Waals surface area contributed by atoms with Crippen molar-refractivity contribution < 1.29 is 29.0 Å². The van der Waals surface area contributed by atoms with Crippen LogP contribution in [0.5, 0.6) is 0 Å². The van der Waals surface area contributed by atoms with Crippen LogP contribution in [0.4, 0.5) is 0 Å². The number of carbonyl (C=O) groups excluding carboxylic acids is 4. The standard InChI is InChI=1S/C36H36N4O4/c1-5-37(6-2)17-19-39-33(41)25-13-9-21-23-11-15-27-32-28(36(44)40(35(27)43)20-18-38(7-3)8-4)16-12-24(30(23)32)22-10-14-26(34(39)42)31(25)29(21)22/h9-16H,5-8,17-20H2,1-4H3/p+2. The molecule has 0 saturated carbocycles. The summed E-state index contributed by atoms with van der Waals surface area (Å²) in [6, 6.07) is 15.2. The summed E-state index contributed by atoms with van der Waals surface area (Å²) in [5.74, 6) is -1.01. The summed E-state index contributed by atoms with van der Waals surface area (Å²) in [6.07, 6.45) is 0. The van der Waals surface area contributed by atoms with E-state index in [9.17, 15) is 19.2 Å². The lowest BCUT2D eigenvalue weighted by atomic mass is 9.82. The first-order chi connectivity index (χ1) is 21.3. The zero-order valence-electron chi connectivity index (χ0n) is 25.8. The van der Waals surface area contributed by atoms with Crippen molar-refractivity contribution in [2.75, 3.05) is 52.4 Å². The number of likely N-dealkylation sites (N-methyl/N-ethyl adjacent to an activating group) is 2. The Balaban J connectivity index is 1.39. The van der Waals surface area contributed by atoms with Gasteiger partial charge in [0.2, 0.25) is 0 Å². The third-order valence-electron chi connectivity index (χ3n) is 10.2. The van der Waals surface area contributed by atoms with E-state index < -0.39 is 0 Å². The fraction of sp³-hybridized carbons (Fsp3) is 0.333. The fourth-order valence-corrected chi connectivity index (χ4v) is 7.52. The molecule has 8 heteroatoms. The lowest BCUT2D eigenvalue weighted by molar-refractivity contribution is -0.895. The van der Waals surface area contributed by atoms with E-state index >= 15 is 0 Å². The average molecular weight is 591 g/mol. The van der Waals surface area contributed by atoms with Gasteiger partial charge in [0, 0.05) is 33.0 Å². The lowest BCUT2D eigenvalue weighted by Crippen LogP contribution is -3.12. The van der Waals surface area contributed by atoms with E-state index in [1.807, 2.05) is 48.5 Å². The van der Waals surface area contributed by atoms with E-state index in [0.717, 1.165) is 58.5 Å². The Morgan fingerprint density at radius 1 is 0.432 bits per heavy atom. The van der Waals surface area contributed by atoms with E-state index in [4.69, 9.17) is 0 Å². The number of amides is 4. The number of nitrogens with one attached hydrogen (secondary N) is 2. The average Bonchev–Trinajstić information content (AvgIpc) is 3.05. The van der Waals surface area contributed by atoms with Crippen LogP contribution in [0.3, 0.4) is 0 Å². The van der Waals surface area contributed by atoms with Crippen molar-refractivity contribution in [3.05, 3.63) is 70.8 Å². The minimum absolute atomic E-state index is 0.253. The molecule has 2 aliphatic heterocycles. The Morgan fingerprint density at radius 3 is 0.955 bits per heavy atom. The SMILES string of the molecule is CC[NH+](CC)CCN1C(=O)c2ccc3c4ccc5c6c(ccc(c7ccc(c2c37)C1=O)c64)C(=O)N(CC[NH+](CC)CC)C5=O. The molecule has 44 heavy (non-hydrogen) atoms. The van der Waals surface area contributed by atoms with Crippen molar-refractivity contribution in [1.29, 1.82) is 0 Å². The number of rotatable bonds is 10. The molecule has 0 unspecified atom stereocenters. The summed E-state index contributed by atoms with van der Waals surface area (Å²) in [5.41, 5.74) is 2.17. The van der Waals surface area contributed by atoms with Crippen LogP contribution in [0.1, 0.15) is 69.1 Å². The predicted molar refractivity (Wildman–Crippen MR) is 172 cm³/mol. The Labute approximate surface area is 256 Å². The van der Waals surface area contributed by atoms with Gasteiger partial charge in [0.15, 0.2) is 0 Å². The lowest BCUT2D eigenvalue weighted by Gasteiger charge is -2.30. The number of nitrogens with zero attached hydrogens (tertiary/aromatic N) is 2. The highest BCUT2D eigenvalue weighted by Crippen LogP contribution is 2.46. The third-order valence-corrected chi connectivity index (χ3v) is 10.2. The van der Waals surface area contributed by atoms with Crippen molar-refractivity contribution in [3.63, 3.8) is 0 Å². The molecule has 7 rings (SSSR count). The zero-order valence-corrected chi connectivity index (χ0v) is 25.8. The van der Waals surface area contributed by atoms with Gasteiger partial charge in [-0.2, -0.15) is 0 Å². The first kappa shape index (κ1) is 28.4. The highest BCUT2D eigenvalue weighted by atomic mass is 16.2. The van der Waals surface area contributed by atoms with Gasteiger partial charge in [-0.05, 0) is 84.3 Å². The minimum Gasteiger partial charge on any atom is -0.334 e. The van der Waals surface area contributed by atoms with Crippen LogP contribution < -0.4 is 9.80 Å². The fourth-order valence-electron chi connectivity index (χ4n) is 7.52. The molecule has 2 heterocycles. The van der Waals surface area contributed by atoms with Crippen LogP contribution in [0.15, 0.2) is 48.5 Å². The highest BCUT2D eigenvalue weighted by molar-refractivity contribution is 6.41. The first-order valence-electron chi connectivity index (χ1n) is 15.9. The second kappa shape index (κ2) is 10.6. The van der Waals surface area contributed by atoms with Crippen LogP contribution >= 0.6 is 0 Å². The van der Waals surface area contributed by atoms with Crippen LogP contribution in [0.25, 0.3) is 43.1 Å². The third kappa shape index (κ3) is 3.90. The van der Waals surface area contributed by atoms with Crippen molar-refractivity contribution in [2.24, 2.45) is 0 Å². The molecule has 0 saturated heterocycles. The van der Waals surface area contributed by atoms with Gasteiger partial charge >= 0.3 is 0 Å². The second-order valence-corrected chi connectivity index (χ2v) is 12.1. The maximum atomic E-state index is 13.8. The maximum Gasteiger partial charge on any atom is 0.261 e. The molecule has 2 N–H and O–H groups in total. The molecule has 0 atom stereocenters. The molecule has 224 valence electrons. The smallest absolute Gasteiger partial charge is 0.261 e. The molecular weight excluding hydrogens is 552 g/mol. The Bertz CT molecular complexity index is 1760. The van der Waals surface area contributed by atoms with Crippen LogP contribution in [-0.2, 0) is 0 Å². The number of hydrogen-bond acceptors (Lipinski definition) is 4. The largest absolute Gasteiger partial charge is 0.334 e. The summed E-state index contributed by atoms with van der Waals surface area (Å²) >= 11 is 0. The molecule has 0 radical (unpaired) electrons. The minimum atomic E-state index is -0.253. The number of benzene rings is 5. The van der Waals surface area contributed by atoms with Crippen molar-refractivity contribution in [3.8, 4) is 0 Å². The van der Waals surface area contributed by atoms with Gasteiger partial charge in [-0.15, -0.1) is 0 Å². The Morgan fingerprint density at radius 2 is 0.705 bits per heavy atom. The normalized spacial score (nSPS) is 15.1. The molecule has 2 aliphatic rings. The number of hydrogen-bond donors (Lipinski definition) is 2. The summed E-state index contributed by atoms with van der Waals surface area (Å²) in [4.78, 5) is 60.5. The van der Waals surface area contributed by atoms with Crippen LogP contribution in [0, 0.1) is 0 Å². The van der Waals surface area contributed by atoms with Crippen LogP contribution in [-0.4, -0.2) is 85.8 Å². The topological polar surface area (TPSA) is 83.6 Å². The van der Waals surface area contributed by atoms with Gasteiger partial charge in [-0.1, -0.05) is 24.3 Å². The van der Waals surface area contributed by atoms with Crippen molar-refractivity contribution in [1.82, 2.24) is 9.80 Å². The summed E-state index contributed by atoms with van der Waals surface area (Å²) in [6.45, 7) is 14.4. The molecule has 0 aromatic heterocycles. The molecular formula is C36H38N4O4+2. The van der Waals surface area contributed by atoms with E-state index in [1.54, 1.807) is 0 Å². The first-order valence-corrected chi connectivity index (χ1v) is 15.9. The summed E-state index contributed by atoms with van der Waals surface area (Å²) < 4.78 is 0. The summed E-state index contributed by atoms with van der Waals surface area (Å²) in [5, 5.41) is 6.77. The van der Waals surface area contributed by atoms with Gasteiger partial charge < -0.3 is 9.80 Å². The predicted octanol–water partition coefficient (Wildman–Crippen LogP) is 2.78.